The molecule has 0 aliphatic heterocycles. The third kappa shape index (κ3) is 11.5. The number of benzene rings is 4. The summed E-state index contributed by atoms with van der Waals surface area (Å²) in [4.78, 5) is 2.55. The van der Waals surface area contributed by atoms with Crippen LogP contribution in [0.25, 0.3) is 0 Å². The largest absolute Gasteiger partial charge is 0.0835 e. The third-order valence-corrected chi connectivity index (χ3v) is 15.5. The third-order valence-electron chi connectivity index (χ3n) is 9.71. The summed E-state index contributed by atoms with van der Waals surface area (Å²) < 4.78 is 2.80. The molecule has 0 amide bonds. The first-order valence-corrected chi connectivity index (χ1v) is 23.0. The van der Waals surface area contributed by atoms with Crippen LogP contribution in [0.15, 0.2) is 94.7 Å². The van der Waals surface area contributed by atoms with Crippen molar-refractivity contribution in [3.63, 3.8) is 0 Å². The van der Waals surface area contributed by atoms with E-state index in [0.717, 1.165) is 0 Å². The standard InChI is InChI=1S/C50H68P2S2/c1-45(2,3)33-29-37(47(7,8)9)41(38(30-33)48(10,11)12)51-43(53-35-25-21-19-22-26-35)44(54-36-27-23-20-24-28-36)52-42-39(49(13,14)15)31-34(46(4,5)6)32-40(42)50(16,17)18/h19-32H,1-18H3. The van der Waals surface area contributed by atoms with Gasteiger partial charge in [0.05, 0.1) is 9.25 Å². The fraction of sp³-hybridized carbons (Fsp3) is 0.480. The Balaban J connectivity index is 2.26. The van der Waals surface area contributed by atoms with E-state index in [-0.39, 0.29) is 32.5 Å². The molecule has 0 nitrogen and oxygen atoms in total. The minimum atomic E-state index is -0.0296. The molecular weight excluding hydrogens is 727 g/mol. The first-order valence-electron chi connectivity index (χ1n) is 19.6. The molecule has 0 saturated carbocycles. The van der Waals surface area contributed by atoms with Gasteiger partial charge in [-0.25, -0.2) is 0 Å². The van der Waals surface area contributed by atoms with Gasteiger partial charge in [-0.05, 0) is 90.1 Å². The first kappa shape index (κ1) is 44.6. The Hall–Kier alpha value is -2.08. The molecule has 0 radical (unpaired) electrons. The Kier molecular flexibility index (Phi) is 13.6. The fourth-order valence-electron chi connectivity index (χ4n) is 6.29. The quantitative estimate of drug-likeness (QED) is 0.135. The van der Waals surface area contributed by atoms with Crippen molar-refractivity contribution in [1.82, 2.24) is 0 Å². The van der Waals surface area contributed by atoms with Crippen LogP contribution in [-0.4, -0.2) is 9.25 Å². The predicted octanol–water partition coefficient (Wildman–Crippen LogP) is 15.2. The number of rotatable bonds is 7. The Labute approximate surface area is 343 Å². The Bertz CT molecular complexity index is 1760. The lowest BCUT2D eigenvalue weighted by atomic mass is 9.75. The van der Waals surface area contributed by atoms with Gasteiger partial charge in [-0.3, -0.25) is 0 Å². The number of hydrogen-bond acceptors (Lipinski definition) is 2. The topological polar surface area (TPSA) is 0 Å². The Morgan fingerprint density at radius 2 is 0.593 bits per heavy atom. The highest BCUT2D eigenvalue weighted by atomic mass is 32.2. The molecule has 0 aliphatic rings. The van der Waals surface area contributed by atoms with Crippen molar-refractivity contribution in [3.8, 4) is 0 Å². The van der Waals surface area contributed by atoms with Gasteiger partial charge in [0.2, 0.25) is 0 Å². The average Bonchev–Trinajstić information content (AvgIpc) is 3.02. The van der Waals surface area contributed by atoms with Crippen LogP contribution in [0.3, 0.4) is 0 Å². The van der Waals surface area contributed by atoms with Gasteiger partial charge < -0.3 is 0 Å². The Morgan fingerprint density at radius 3 is 0.796 bits per heavy atom. The minimum Gasteiger partial charge on any atom is -0.0835 e. The maximum absolute atomic E-state index is 2.53. The smallest absolute Gasteiger partial charge is 0.0586 e. The fourth-order valence-corrected chi connectivity index (χ4v) is 12.8. The van der Waals surface area contributed by atoms with Gasteiger partial charge in [0.15, 0.2) is 0 Å². The van der Waals surface area contributed by atoms with E-state index in [1.807, 2.05) is 23.5 Å². The molecule has 0 N–H and O–H groups in total. The van der Waals surface area contributed by atoms with E-state index in [1.54, 1.807) is 0 Å². The van der Waals surface area contributed by atoms with Crippen LogP contribution in [0.1, 0.15) is 158 Å². The molecule has 0 atom stereocenters. The second kappa shape index (κ2) is 16.4. The number of hydrogen-bond donors (Lipinski definition) is 0. The second-order valence-corrected chi connectivity index (χ2v) is 26.0. The monoisotopic (exact) mass is 794 g/mol. The highest BCUT2D eigenvalue weighted by Crippen LogP contribution is 2.41. The molecular formula is C50H68P2S2. The summed E-state index contributed by atoms with van der Waals surface area (Å²) in [5.41, 5.74) is 8.62. The average molecular weight is 795 g/mol. The van der Waals surface area contributed by atoms with Crippen LogP contribution in [-0.2, 0) is 32.5 Å². The molecule has 0 heterocycles. The van der Waals surface area contributed by atoms with Gasteiger partial charge in [0, 0.05) is 20.4 Å². The summed E-state index contributed by atoms with van der Waals surface area (Å²) in [5, 5.41) is 2.91. The van der Waals surface area contributed by atoms with E-state index in [0.29, 0.717) is 0 Å². The number of thioether (sulfide) groups is 2. The van der Waals surface area contributed by atoms with Crippen molar-refractivity contribution in [1.29, 1.82) is 0 Å². The van der Waals surface area contributed by atoms with Gasteiger partial charge >= 0.3 is 0 Å². The van der Waals surface area contributed by atoms with Crippen LogP contribution < -0.4 is 10.6 Å². The zero-order chi connectivity index (χ0) is 40.7. The van der Waals surface area contributed by atoms with E-state index in [1.165, 1.54) is 79.4 Å². The summed E-state index contributed by atoms with van der Waals surface area (Å²) in [5.74, 6) is 0. The second-order valence-electron chi connectivity index (χ2n) is 21.0. The minimum absolute atomic E-state index is 0.0296. The molecule has 54 heavy (non-hydrogen) atoms. The SMILES string of the molecule is CC(C)(C)c1cc(C(C)(C)C)c(P=C(Sc2ccccc2)C(=Pc2c(C(C)(C)C)cc(C(C)(C)C)cc2C(C)(C)C)Sc2ccccc2)c(C(C)(C)C)c1. The van der Waals surface area contributed by atoms with E-state index in [9.17, 15) is 0 Å². The van der Waals surface area contributed by atoms with Crippen LogP contribution in [0.4, 0.5) is 0 Å². The molecule has 0 unspecified atom stereocenters. The van der Waals surface area contributed by atoms with E-state index in [4.69, 9.17) is 0 Å². The molecule has 0 bridgehead atoms. The van der Waals surface area contributed by atoms with Gasteiger partial charge in [-0.1, -0.05) is 225 Å². The van der Waals surface area contributed by atoms with Crippen LogP contribution >= 0.6 is 39.9 Å². The predicted molar refractivity (Wildman–Crippen MR) is 253 cm³/mol. The highest BCUT2D eigenvalue weighted by Gasteiger charge is 2.32. The van der Waals surface area contributed by atoms with Gasteiger partial charge in [0.1, 0.15) is 0 Å². The highest BCUT2D eigenvalue weighted by molar-refractivity contribution is 8.32. The molecule has 4 heteroatoms. The molecule has 0 spiro atoms. The summed E-state index contributed by atoms with van der Waals surface area (Å²) in [6.07, 6.45) is 0. The molecule has 4 aromatic rings. The summed E-state index contributed by atoms with van der Waals surface area (Å²) in [6.45, 7) is 42.9. The molecule has 4 rings (SSSR count). The maximum Gasteiger partial charge on any atom is 0.0586 e. The molecule has 4 aromatic carbocycles. The van der Waals surface area contributed by atoms with Gasteiger partial charge in [-0.15, -0.1) is 0 Å². The van der Waals surface area contributed by atoms with Crippen molar-refractivity contribution in [2.75, 3.05) is 0 Å². The van der Waals surface area contributed by atoms with E-state index >= 15 is 0 Å². The van der Waals surface area contributed by atoms with E-state index in [2.05, 4.69) is 210 Å². The van der Waals surface area contributed by atoms with Crippen molar-refractivity contribution in [3.05, 3.63) is 118 Å². The summed E-state index contributed by atoms with van der Waals surface area (Å²) >= 11 is 3.90. The lowest BCUT2D eigenvalue weighted by Gasteiger charge is -2.33. The Morgan fingerprint density at radius 1 is 0.352 bits per heavy atom. The lowest BCUT2D eigenvalue weighted by Crippen LogP contribution is -2.31. The normalized spacial score (nSPS) is 14.1. The summed E-state index contributed by atoms with van der Waals surface area (Å²) in [6, 6.07) is 32.2. The molecule has 290 valence electrons. The van der Waals surface area contributed by atoms with Crippen molar-refractivity contribution in [2.24, 2.45) is 0 Å². The van der Waals surface area contributed by atoms with Crippen molar-refractivity contribution < 1.29 is 0 Å². The van der Waals surface area contributed by atoms with Gasteiger partial charge in [0.25, 0.3) is 0 Å². The zero-order valence-corrected chi connectivity index (χ0v) is 40.2. The van der Waals surface area contributed by atoms with Gasteiger partial charge in [-0.2, -0.15) is 0 Å². The first-order chi connectivity index (χ1) is 24.6. The molecule has 0 fully saturated rings. The molecule has 0 aliphatic carbocycles. The van der Waals surface area contributed by atoms with Crippen LogP contribution in [0.5, 0.6) is 0 Å². The molecule has 0 saturated heterocycles. The van der Waals surface area contributed by atoms with Crippen LogP contribution in [0.2, 0.25) is 0 Å². The van der Waals surface area contributed by atoms with E-state index < -0.39 is 0 Å². The van der Waals surface area contributed by atoms with Crippen molar-refractivity contribution in [2.45, 2.75) is 167 Å². The van der Waals surface area contributed by atoms with Crippen molar-refractivity contribution >= 4 is 59.8 Å². The zero-order valence-electron chi connectivity index (χ0n) is 36.8. The maximum atomic E-state index is 2.53. The lowest BCUT2D eigenvalue weighted by molar-refractivity contribution is 0.553. The molecule has 0 aromatic heterocycles. The summed E-state index contributed by atoms with van der Waals surface area (Å²) in [7, 11) is 2.51. The van der Waals surface area contributed by atoms with Crippen LogP contribution in [0, 0.1) is 0 Å².